The molecule has 6 heteroatoms. The van der Waals surface area contributed by atoms with E-state index in [0.29, 0.717) is 16.8 Å². The second-order valence-corrected chi connectivity index (χ2v) is 5.42. The molecule has 3 aromatic rings. The zero-order valence-corrected chi connectivity index (χ0v) is 12.8. The van der Waals surface area contributed by atoms with Gasteiger partial charge in [-0.3, -0.25) is 4.98 Å². The minimum absolute atomic E-state index is 0.231. The number of ether oxygens (including phenoxy) is 1. The van der Waals surface area contributed by atoms with Gasteiger partial charge >= 0.3 is 0 Å². The van der Waals surface area contributed by atoms with Gasteiger partial charge in [0.1, 0.15) is 29.0 Å². The van der Waals surface area contributed by atoms with Crippen LogP contribution in [0.15, 0.2) is 47.3 Å². The first-order valence-corrected chi connectivity index (χ1v) is 7.13. The van der Waals surface area contributed by atoms with Gasteiger partial charge in [-0.1, -0.05) is 6.07 Å². The SMILES string of the molecule is C[C@@H](Oc1cc(Br)cn2ncc(C#N)c12)c1ccccn1. The fourth-order valence-electron chi connectivity index (χ4n) is 2.09. The fraction of sp³-hybridized carbons (Fsp3) is 0.133. The number of fused-ring (bicyclic) bond motifs is 1. The molecule has 0 aliphatic rings. The van der Waals surface area contributed by atoms with E-state index in [1.165, 1.54) is 6.20 Å². The maximum absolute atomic E-state index is 9.19. The van der Waals surface area contributed by atoms with Crippen LogP contribution in [0.25, 0.3) is 5.52 Å². The summed E-state index contributed by atoms with van der Waals surface area (Å²) in [5.41, 5.74) is 1.96. The molecule has 1 atom stereocenters. The van der Waals surface area contributed by atoms with Gasteiger partial charge in [-0.2, -0.15) is 10.4 Å². The lowest BCUT2D eigenvalue weighted by Crippen LogP contribution is -2.06. The van der Waals surface area contributed by atoms with Crippen molar-refractivity contribution in [1.29, 1.82) is 5.26 Å². The summed E-state index contributed by atoms with van der Waals surface area (Å²) in [5, 5.41) is 13.3. The number of nitriles is 1. The number of aromatic nitrogens is 3. The van der Waals surface area contributed by atoms with Gasteiger partial charge in [0.05, 0.1) is 11.9 Å². The molecule has 0 radical (unpaired) electrons. The summed E-state index contributed by atoms with van der Waals surface area (Å²) < 4.78 is 8.44. The van der Waals surface area contributed by atoms with Crippen LogP contribution in [0.2, 0.25) is 0 Å². The highest BCUT2D eigenvalue weighted by atomic mass is 79.9. The molecule has 3 aromatic heterocycles. The van der Waals surface area contributed by atoms with Crippen molar-refractivity contribution in [2.75, 3.05) is 0 Å². The number of hydrogen-bond donors (Lipinski definition) is 0. The Labute approximate surface area is 129 Å². The van der Waals surface area contributed by atoms with Crippen LogP contribution in [0.3, 0.4) is 0 Å². The summed E-state index contributed by atoms with van der Waals surface area (Å²) in [7, 11) is 0. The topological polar surface area (TPSA) is 63.2 Å². The Morgan fingerprint density at radius 2 is 2.29 bits per heavy atom. The summed E-state index contributed by atoms with van der Waals surface area (Å²) in [4.78, 5) is 4.28. The largest absolute Gasteiger partial charge is 0.482 e. The Kier molecular flexibility index (Phi) is 3.59. The van der Waals surface area contributed by atoms with E-state index < -0.39 is 0 Å². The molecule has 5 nitrogen and oxygen atoms in total. The highest BCUT2D eigenvalue weighted by Crippen LogP contribution is 2.30. The van der Waals surface area contributed by atoms with Crippen LogP contribution in [0, 0.1) is 11.3 Å². The first kappa shape index (κ1) is 13.6. The molecule has 0 saturated heterocycles. The van der Waals surface area contributed by atoms with Crippen LogP contribution in [-0.4, -0.2) is 14.6 Å². The highest BCUT2D eigenvalue weighted by Gasteiger charge is 2.15. The zero-order valence-electron chi connectivity index (χ0n) is 11.2. The first-order chi connectivity index (χ1) is 10.2. The van der Waals surface area contributed by atoms with Crippen LogP contribution < -0.4 is 4.74 Å². The number of pyridine rings is 2. The lowest BCUT2D eigenvalue weighted by atomic mass is 10.2. The molecule has 0 saturated carbocycles. The van der Waals surface area contributed by atoms with Crippen LogP contribution in [-0.2, 0) is 0 Å². The van der Waals surface area contributed by atoms with Crippen molar-refractivity contribution in [1.82, 2.24) is 14.6 Å². The standard InChI is InChI=1S/C15H11BrN4O/c1-10(13-4-2-3-5-18-13)21-14-6-12(16)9-20-15(14)11(7-17)8-19-20/h2-6,8-10H,1H3/t10-/m1/s1. The second kappa shape index (κ2) is 5.54. The van der Waals surface area contributed by atoms with Crippen molar-refractivity contribution in [3.05, 3.63) is 58.6 Å². The maximum atomic E-state index is 9.19. The molecule has 0 aliphatic heterocycles. The smallest absolute Gasteiger partial charge is 0.148 e. The Hall–Kier alpha value is -2.39. The molecule has 0 bridgehead atoms. The number of halogens is 1. The van der Waals surface area contributed by atoms with Gasteiger partial charge in [-0.25, -0.2) is 4.52 Å². The molecule has 3 rings (SSSR count). The van der Waals surface area contributed by atoms with Crippen LogP contribution in [0.4, 0.5) is 0 Å². The molecular weight excluding hydrogens is 332 g/mol. The summed E-state index contributed by atoms with van der Waals surface area (Å²) in [6, 6.07) is 9.64. The normalized spacial score (nSPS) is 12.0. The molecule has 0 unspecified atom stereocenters. The molecule has 0 N–H and O–H groups in total. The third-order valence-electron chi connectivity index (χ3n) is 3.07. The minimum Gasteiger partial charge on any atom is -0.482 e. The second-order valence-electron chi connectivity index (χ2n) is 4.50. The number of rotatable bonds is 3. The van der Waals surface area contributed by atoms with Gasteiger partial charge in [0.2, 0.25) is 0 Å². The molecule has 0 fully saturated rings. The maximum Gasteiger partial charge on any atom is 0.148 e. The van der Waals surface area contributed by atoms with E-state index in [1.54, 1.807) is 16.9 Å². The third-order valence-corrected chi connectivity index (χ3v) is 3.51. The van der Waals surface area contributed by atoms with Crippen LogP contribution in [0.1, 0.15) is 24.3 Å². The Balaban J connectivity index is 2.04. The van der Waals surface area contributed by atoms with Gasteiger partial charge in [-0.05, 0) is 41.1 Å². The minimum atomic E-state index is -0.231. The van der Waals surface area contributed by atoms with E-state index in [1.807, 2.05) is 31.2 Å². The molecular formula is C15H11BrN4O. The van der Waals surface area contributed by atoms with Crippen molar-refractivity contribution in [2.24, 2.45) is 0 Å². The Morgan fingerprint density at radius 1 is 1.43 bits per heavy atom. The van der Waals surface area contributed by atoms with Crippen molar-refractivity contribution >= 4 is 21.4 Å². The summed E-state index contributed by atoms with van der Waals surface area (Å²) >= 11 is 3.42. The third kappa shape index (κ3) is 2.60. The summed E-state index contributed by atoms with van der Waals surface area (Å²) in [6.07, 6.45) is 4.81. The molecule has 3 heterocycles. The van der Waals surface area contributed by atoms with Crippen LogP contribution >= 0.6 is 15.9 Å². The van der Waals surface area contributed by atoms with Gasteiger partial charge in [0, 0.05) is 16.9 Å². The van der Waals surface area contributed by atoms with Crippen molar-refractivity contribution < 1.29 is 4.74 Å². The highest BCUT2D eigenvalue weighted by molar-refractivity contribution is 9.10. The number of hydrogen-bond acceptors (Lipinski definition) is 4. The van der Waals surface area contributed by atoms with E-state index in [0.717, 1.165) is 10.2 Å². The molecule has 104 valence electrons. The fourth-order valence-corrected chi connectivity index (χ4v) is 2.49. The molecule has 0 aliphatic carbocycles. The monoisotopic (exact) mass is 342 g/mol. The Bertz CT molecular complexity index is 823. The van der Waals surface area contributed by atoms with E-state index in [-0.39, 0.29) is 6.10 Å². The van der Waals surface area contributed by atoms with E-state index in [2.05, 4.69) is 32.1 Å². The van der Waals surface area contributed by atoms with E-state index >= 15 is 0 Å². The molecule has 21 heavy (non-hydrogen) atoms. The van der Waals surface area contributed by atoms with Gasteiger partial charge < -0.3 is 4.74 Å². The lowest BCUT2D eigenvalue weighted by molar-refractivity contribution is 0.224. The average Bonchev–Trinajstić information content (AvgIpc) is 2.91. The summed E-state index contributed by atoms with van der Waals surface area (Å²) in [5.74, 6) is 0.594. The van der Waals surface area contributed by atoms with E-state index in [9.17, 15) is 5.26 Å². The Morgan fingerprint density at radius 3 is 3.00 bits per heavy atom. The predicted octanol–water partition coefficient (Wildman–Crippen LogP) is 3.50. The first-order valence-electron chi connectivity index (χ1n) is 6.33. The zero-order chi connectivity index (χ0) is 14.8. The lowest BCUT2D eigenvalue weighted by Gasteiger charge is -2.15. The van der Waals surface area contributed by atoms with Crippen molar-refractivity contribution in [2.45, 2.75) is 13.0 Å². The van der Waals surface area contributed by atoms with Gasteiger partial charge in [-0.15, -0.1) is 0 Å². The molecule has 0 aromatic carbocycles. The average molecular weight is 343 g/mol. The van der Waals surface area contributed by atoms with Crippen molar-refractivity contribution in [3.63, 3.8) is 0 Å². The van der Waals surface area contributed by atoms with Crippen molar-refractivity contribution in [3.8, 4) is 11.8 Å². The van der Waals surface area contributed by atoms with Gasteiger partial charge in [0.15, 0.2) is 0 Å². The van der Waals surface area contributed by atoms with E-state index in [4.69, 9.17) is 4.74 Å². The summed E-state index contributed by atoms with van der Waals surface area (Å²) in [6.45, 7) is 1.92. The number of nitrogens with zero attached hydrogens (tertiary/aromatic N) is 4. The van der Waals surface area contributed by atoms with Crippen LogP contribution in [0.5, 0.6) is 5.75 Å². The predicted molar refractivity (Wildman–Crippen MR) is 80.9 cm³/mol. The quantitative estimate of drug-likeness (QED) is 0.730. The molecule has 0 amide bonds. The molecule has 0 spiro atoms. The van der Waals surface area contributed by atoms with Gasteiger partial charge in [0.25, 0.3) is 0 Å².